The molecule has 3 aliphatic rings. The van der Waals surface area contributed by atoms with Crippen molar-refractivity contribution >= 4 is 49.2 Å². The summed E-state index contributed by atoms with van der Waals surface area (Å²) >= 11 is 0. The van der Waals surface area contributed by atoms with Gasteiger partial charge in [-0.05, 0) is 67.0 Å². The van der Waals surface area contributed by atoms with E-state index >= 15 is 0 Å². The summed E-state index contributed by atoms with van der Waals surface area (Å²) in [6.07, 6.45) is 0.637. The molecule has 2 atom stereocenters. The molecule has 0 spiro atoms. The Balaban J connectivity index is 0.000000310. The first kappa shape index (κ1) is 54.7. The smallest absolute Gasteiger partial charge is 0.289 e. The molecule has 3 heterocycles. The van der Waals surface area contributed by atoms with Gasteiger partial charge in [-0.1, -0.05) is 38.1 Å². The number of alkyl halides is 2. The van der Waals surface area contributed by atoms with Gasteiger partial charge in [0.1, 0.15) is 12.1 Å². The van der Waals surface area contributed by atoms with E-state index in [4.69, 9.17) is 27.3 Å². The molecule has 0 aliphatic carbocycles. The van der Waals surface area contributed by atoms with Gasteiger partial charge in [-0.25, -0.2) is 8.78 Å². The zero-order valence-electron chi connectivity index (χ0n) is 38.9. The number of carbonyl (C=O) groups is 7. The lowest BCUT2D eigenvalue weighted by atomic mass is 10.0. The number of carbonyl (C=O) groups excluding carboxylic acids is 7. The molecule has 18 nitrogen and oxygen atoms in total. The van der Waals surface area contributed by atoms with Crippen LogP contribution in [0.15, 0.2) is 36.4 Å². The molecule has 0 saturated carbocycles. The second-order valence-electron chi connectivity index (χ2n) is 17.1. The van der Waals surface area contributed by atoms with Crippen LogP contribution in [-0.4, -0.2) is 135 Å². The third kappa shape index (κ3) is 17.3. The van der Waals surface area contributed by atoms with Crippen LogP contribution in [0.4, 0.5) is 8.78 Å². The molecule has 362 valence electrons. The minimum Gasteiger partial charge on any atom is -0.493 e. The number of fused-ring (bicyclic) bond motifs is 1. The van der Waals surface area contributed by atoms with Gasteiger partial charge < -0.3 is 55.6 Å². The first-order chi connectivity index (χ1) is 31.1. The molecule has 0 bridgehead atoms. The molecular formula is C45H64BF2N7O11. The molecule has 5 rings (SSSR count). The number of hydrogen-bond donors (Lipinski definition) is 6. The molecule has 66 heavy (non-hydrogen) atoms. The van der Waals surface area contributed by atoms with Gasteiger partial charge in [-0.15, -0.1) is 0 Å². The second kappa shape index (κ2) is 25.9. The Hall–Kier alpha value is -5.67. The quantitative estimate of drug-likeness (QED) is 0.0871. The van der Waals surface area contributed by atoms with Crippen molar-refractivity contribution in [2.75, 3.05) is 47.1 Å². The Morgan fingerprint density at radius 1 is 1.00 bits per heavy atom. The van der Waals surface area contributed by atoms with Crippen LogP contribution in [-0.2, 0) is 64.5 Å². The Kier molecular flexibility index (Phi) is 21.4. The number of hydrogen-bond acceptors (Lipinski definition) is 12. The van der Waals surface area contributed by atoms with Crippen molar-refractivity contribution in [2.45, 2.75) is 117 Å². The van der Waals surface area contributed by atoms with Gasteiger partial charge in [0.05, 0.1) is 39.5 Å². The van der Waals surface area contributed by atoms with Crippen LogP contribution in [0.5, 0.6) is 11.5 Å². The van der Waals surface area contributed by atoms with Crippen LogP contribution in [0.3, 0.4) is 0 Å². The number of nitrogens with one attached hydrogen (secondary N) is 5. The van der Waals surface area contributed by atoms with Crippen LogP contribution in [0.1, 0.15) is 89.0 Å². The van der Waals surface area contributed by atoms with E-state index in [1.54, 1.807) is 30.0 Å². The number of methoxy groups -OCH3 is 2. The molecule has 2 fully saturated rings. The number of likely N-dealkylation sites (tertiary alicyclic amines) is 1. The first-order valence-corrected chi connectivity index (χ1v) is 21.7. The van der Waals surface area contributed by atoms with E-state index in [0.29, 0.717) is 54.1 Å². The summed E-state index contributed by atoms with van der Waals surface area (Å²) in [4.78, 5) is 86.1. The van der Waals surface area contributed by atoms with E-state index in [9.17, 15) is 42.3 Å². The van der Waals surface area contributed by atoms with E-state index in [1.807, 2.05) is 32.0 Å². The Bertz CT molecular complexity index is 2020. The van der Waals surface area contributed by atoms with Crippen molar-refractivity contribution < 1.29 is 61.7 Å². The molecule has 6 amide bonds. The molecule has 3 aliphatic heterocycles. The third-order valence-electron chi connectivity index (χ3n) is 10.8. The molecule has 0 aromatic heterocycles. The monoisotopic (exact) mass is 927 g/mol. The largest absolute Gasteiger partial charge is 0.493 e. The highest BCUT2D eigenvalue weighted by molar-refractivity contribution is 6.38. The van der Waals surface area contributed by atoms with Crippen LogP contribution in [0, 0.1) is 5.92 Å². The number of ketones is 1. The standard InChI is InChI=1S/C22H26F2N4O7.C14H18N2O3.C9H20BNO/c1-34-15-5-3-12(7-16(15)35-2)9-25-21(33)19(31)14-8-22(23,24)11-28(14)18(30)10-26-20(32)13-4-6-17(29)27-13;1-10(18)16-8-12-4-2-3-11(13(12)9-16)7-15-14(19)5-6-17;1-8(2)5-6-12-9(3,4)7-11-10/h3,5,7,13-14H,4,6,8-11H2,1-2H3,(H,25,33)(H,26,32)(H,27,29);2-4,17H,5-9H2,1H3,(H,15,19);8,11H,5-7H2,1-4H3. The van der Waals surface area contributed by atoms with Gasteiger partial charge in [0, 0.05) is 65.5 Å². The summed E-state index contributed by atoms with van der Waals surface area (Å²) in [6, 6.07) is 8.24. The van der Waals surface area contributed by atoms with Gasteiger partial charge in [0.15, 0.2) is 19.5 Å². The van der Waals surface area contributed by atoms with Gasteiger partial charge in [0.25, 0.3) is 11.8 Å². The predicted octanol–water partition coefficient (Wildman–Crippen LogP) is 1.57. The van der Waals surface area contributed by atoms with Crippen molar-refractivity contribution in [3.05, 3.63) is 58.7 Å². The minimum absolute atomic E-state index is 0.0615. The summed E-state index contributed by atoms with van der Waals surface area (Å²) in [7, 11) is 8.11. The van der Waals surface area contributed by atoms with Crippen molar-refractivity contribution in [1.82, 2.24) is 36.3 Å². The van der Waals surface area contributed by atoms with E-state index < -0.39 is 61.0 Å². The zero-order chi connectivity index (χ0) is 49.2. The van der Waals surface area contributed by atoms with E-state index in [-0.39, 0.29) is 55.7 Å². The van der Waals surface area contributed by atoms with Crippen LogP contribution < -0.4 is 36.0 Å². The summed E-state index contributed by atoms with van der Waals surface area (Å²) in [5.41, 5.74) is 3.72. The van der Waals surface area contributed by atoms with Gasteiger partial charge in [0.2, 0.25) is 35.3 Å². The Labute approximate surface area is 386 Å². The molecule has 2 radical (unpaired) electrons. The number of aliphatic hydroxyl groups excluding tert-OH is 1. The number of amides is 6. The highest BCUT2D eigenvalue weighted by Crippen LogP contribution is 2.33. The van der Waals surface area contributed by atoms with Crippen LogP contribution in [0.2, 0.25) is 0 Å². The molecular weight excluding hydrogens is 863 g/mol. The summed E-state index contributed by atoms with van der Waals surface area (Å²) < 4.78 is 44.1. The fraction of sp³-hybridized carbons (Fsp3) is 0.578. The maximum absolute atomic E-state index is 14.1. The van der Waals surface area contributed by atoms with Crippen molar-refractivity contribution in [1.29, 1.82) is 0 Å². The minimum atomic E-state index is -3.37. The summed E-state index contributed by atoms with van der Waals surface area (Å²) in [6.45, 7) is 11.3. The molecule has 21 heteroatoms. The maximum Gasteiger partial charge on any atom is 0.289 e. The van der Waals surface area contributed by atoms with Gasteiger partial charge >= 0.3 is 0 Å². The zero-order valence-corrected chi connectivity index (χ0v) is 38.9. The molecule has 2 aromatic rings. The lowest BCUT2D eigenvalue weighted by molar-refractivity contribution is -0.144. The highest BCUT2D eigenvalue weighted by atomic mass is 19.3. The Morgan fingerprint density at radius 2 is 1.71 bits per heavy atom. The van der Waals surface area contributed by atoms with Gasteiger partial charge in [-0.3, -0.25) is 33.6 Å². The van der Waals surface area contributed by atoms with Gasteiger partial charge in [-0.2, -0.15) is 0 Å². The van der Waals surface area contributed by atoms with E-state index in [0.717, 1.165) is 29.7 Å². The molecule has 6 N–H and O–H groups in total. The average molecular weight is 928 g/mol. The van der Waals surface area contributed by atoms with Crippen LogP contribution in [0.25, 0.3) is 0 Å². The molecule has 2 unspecified atom stereocenters. The molecule has 2 aromatic carbocycles. The fourth-order valence-electron chi connectivity index (χ4n) is 7.05. The fourth-order valence-corrected chi connectivity index (χ4v) is 7.05. The van der Waals surface area contributed by atoms with Crippen molar-refractivity contribution in [3.63, 3.8) is 0 Å². The highest BCUT2D eigenvalue weighted by Gasteiger charge is 2.51. The lowest BCUT2D eigenvalue weighted by Crippen LogP contribution is -2.51. The second-order valence-corrected chi connectivity index (χ2v) is 17.1. The number of nitrogens with zero attached hydrogens (tertiary/aromatic N) is 2. The summed E-state index contributed by atoms with van der Waals surface area (Å²) in [5.74, 6) is -6.11. The SMILES string of the molecule is CC(=O)N1Cc2cccc(CNC(=O)CCO)c2C1.COc1ccc(CNC(=O)C(=O)C2CC(F)(F)CN2C(=O)CNC(=O)C2CCC(=O)N2)cc1OC.[B]NCC(C)(C)OCCC(C)C. The molecule has 2 saturated heterocycles. The van der Waals surface area contributed by atoms with E-state index in [1.165, 1.54) is 14.2 Å². The van der Waals surface area contributed by atoms with Crippen molar-refractivity contribution in [3.8, 4) is 11.5 Å². The summed E-state index contributed by atoms with van der Waals surface area (Å²) in [5, 5.41) is 21.1. The normalized spacial score (nSPS) is 17.0. The van der Waals surface area contributed by atoms with Crippen molar-refractivity contribution in [2.24, 2.45) is 5.92 Å². The number of ether oxygens (including phenoxy) is 3. The number of Topliss-reactive ketones (excluding diaryl/α,β-unsaturated/α-hetero) is 1. The average Bonchev–Trinajstić information content (AvgIpc) is 4.00. The first-order valence-electron chi connectivity index (χ1n) is 21.7. The topological polar surface area (TPSA) is 234 Å². The van der Waals surface area contributed by atoms with Crippen LogP contribution >= 0.6 is 0 Å². The number of rotatable bonds is 19. The number of benzene rings is 2. The number of halogens is 2. The third-order valence-corrected chi connectivity index (χ3v) is 10.8. The Morgan fingerprint density at radius 3 is 2.32 bits per heavy atom. The predicted molar refractivity (Wildman–Crippen MR) is 239 cm³/mol. The maximum atomic E-state index is 14.1. The lowest BCUT2D eigenvalue weighted by Gasteiger charge is -2.25. The van der Waals surface area contributed by atoms with E-state index in [2.05, 4.69) is 40.3 Å². The number of aliphatic hydroxyl groups is 1.